The molecule has 0 aromatic carbocycles. The highest BCUT2D eigenvalue weighted by Crippen LogP contribution is 2.12. The van der Waals surface area contributed by atoms with Gasteiger partial charge in [-0.15, -0.1) is 11.8 Å². The molecule has 1 aliphatic heterocycles. The van der Waals surface area contributed by atoms with Crippen LogP contribution in [0.15, 0.2) is 0 Å². The van der Waals surface area contributed by atoms with Crippen LogP contribution in [0.4, 0.5) is 0 Å². The lowest BCUT2D eigenvalue weighted by Crippen LogP contribution is -2.14. The van der Waals surface area contributed by atoms with E-state index in [1.807, 2.05) is 0 Å². The van der Waals surface area contributed by atoms with Gasteiger partial charge in [-0.3, -0.25) is 0 Å². The molecule has 0 amide bonds. The van der Waals surface area contributed by atoms with Gasteiger partial charge in [0.15, 0.2) is 0 Å². The molecule has 0 radical (unpaired) electrons. The Morgan fingerprint density at radius 2 is 2.67 bits per heavy atom. The lowest BCUT2D eigenvalue weighted by atomic mass is 10.7. The zero-order chi connectivity index (χ0) is 4.41. The van der Waals surface area contributed by atoms with Gasteiger partial charge in [-0.2, -0.15) is 0 Å². The Bertz CT molecular complexity index is 44.1. The topological polar surface area (TPSA) is 35.2 Å². The fourth-order valence-corrected chi connectivity index (χ4v) is 0.908. The summed E-state index contributed by atoms with van der Waals surface area (Å²) in [4.78, 5) is 0. The molecule has 2 N–H and O–H groups in total. The summed E-state index contributed by atoms with van der Waals surface area (Å²) in [5.74, 6) is 0.779. The Labute approximate surface area is 41.0 Å². The van der Waals surface area contributed by atoms with Crippen molar-refractivity contribution in [2.75, 3.05) is 12.5 Å². The van der Waals surface area contributed by atoms with E-state index < -0.39 is 0 Å². The summed E-state index contributed by atoms with van der Waals surface area (Å²) in [6, 6.07) is 0. The standard InChI is InChI=1S/C3H7NOS/c4-3-1-5-2-6-3/h3H,1-2,4H2. The minimum atomic E-state index is 0.241. The maximum absolute atomic E-state index is 5.37. The van der Waals surface area contributed by atoms with E-state index in [1.165, 1.54) is 0 Å². The van der Waals surface area contributed by atoms with E-state index in [0.717, 1.165) is 12.5 Å². The molecule has 2 nitrogen and oxygen atoms in total. The van der Waals surface area contributed by atoms with E-state index in [-0.39, 0.29) is 5.37 Å². The normalized spacial score (nSPS) is 34.5. The van der Waals surface area contributed by atoms with Crippen LogP contribution in [0.3, 0.4) is 0 Å². The average molecular weight is 105 g/mol. The van der Waals surface area contributed by atoms with E-state index in [9.17, 15) is 0 Å². The highest BCUT2D eigenvalue weighted by Gasteiger charge is 2.08. The van der Waals surface area contributed by atoms with Gasteiger partial charge in [0.05, 0.1) is 17.9 Å². The predicted molar refractivity (Wildman–Crippen MR) is 26.4 cm³/mol. The Morgan fingerprint density at radius 3 is 2.83 bits per heavy atom. The van der Waals surface area contributed by atoms with E-state index >= 15 is 0 Å². The molecule has 0 aromatic rings. The lowest BCUT2D eigenvalue weighted by molar-refractivity contribution is 0.204. The van der Waals surface area contributed by atoms with Crippen LogP contribution >= 0.6 is 11.8 Å². The van der Waals surface area contributed by atoms with Gasteiger partial charge in [0.2, 0.25) is 0 Å². The molecular weight excluding hydrogens is 98.1 g/mol. The first-order chi connectivity index (χ1) is 2.89. The van der Waals surface area contributed by atoms with Crippen LogP contribution in [-0.4, -0.2) is 17.9 Å². The fourth-order valence-electron chi connectivity index (χ4n) is 0.348. The third-order valence-electron chi connectivity index (χ3n) is 0.648. The van der Waals surface area contributed by atoms with Crippen molar-refractivity contribution >= 4 is 11.8 Å². The third-order valence-corrected chi connectivity index (χ3v) is 1.51. The van der Waals surface area contributed by atoms with Crippen molar-refractivity contribution in [3.8, 4) is 0 Å². The van der Waals surface area contributed by atoms with Crippen molar-refractivity contribution in [2.45, 2.75) is 5.37 Å². The van der Waals surface area contributed by atoms with Crippen LogP contribution in [0.5, 0.6) is 0 Å². The van der Waals surface area contributed by atoms with Crippen LogP contribution in [-0.2, 0) is 4.74 Å². The second kappa shape index (κ2) is 1.82. The average Bonchev–Trinajstić information content (AvgIpc) is 1.86. The van der Waals surface area contributed by atoms with Gasteiger partial charge in [-0.05, 0) is 0 Å². The minimum Gasteiger partial charge on any atom is -0.368 e. The quantitative estimate of drug-likeness (QED) is 0.470. The van der Waals surface area contributed by atoms with E-state index in [1.54, 1.807) is 11.8 Å². The molecule has 6 heavy (non-hydrogen) atoms. The van der Waals surface area contributed by atoms with Crippen LogP contribution in [0.25, 0.3) is 0 Å². The van der Waals surface area contributed by atoms with Crippen molar-refractivity contribution in [1.29, 1.82) is 0 Å². The van der Waals surface area contributed by atoms with Gasteiger partial charge >= 0.3 is 0 Å². The number of nitrogens with two attached hydrogens (primary N) is 1. The summed E-state index contributed by atoms with van der Waals surface area (Å²) in [6.07, 6.45) is 0. The zero-order valence-corrected chi connectivity index (χ0v) is 4.20. The fraction of sp³-hybridized carbons (Fsp3) is 1.00. The molecule has 0 saturated carbocycles. The first-order valence-corrected chi connectivity index (χ1v) is 2.89. The van der Waals surface area contributed by atoms with Crippen LogP contribution in [0, 0.1) is 0 Å². The molecule has 1 rings (SSSR count). The minimum absolute atomic E-state index is 0.241. The zero-order valence-electron chi connectivity index (χ0n) is 3.39. The van der Waals surface area contributed by atoms with Gasteiger partial charge in [-0.1, -0.05) is 0 Å². The molecule has 0 aromatic heterocycles. The monoisotopic (exact) mass is 105 g/mol. The Morgan fingerprint density at radius 1 is 1.83 bits per heavy atom. The molecular formula is C3H7NOS. The third kappa shape index (κ3) is 0.864. The number of ether oxygens (including phenoxy) is 1. The molecule has 0 bridgehead atoms. The summed E-state index contributed by atoms with van der Waals surface area (Å²) in [5, 5.41) is 0.241. The van der Waals surface area contributed by atoms with Gasteiger partial charge in [0, 0.05) is 0 Å². The van der Waals surface area contributed by atoms with Crippen LogP contribution in [0.2, 0.25) is 0 Å². The van der Waals surface area contributed by atoms with Gasteiger partial charge < -0.3 is 10.5 Å². The largest absolute Gasteiger partial charge is 0.368 e. The van der Waals surface area contributed by atoms with E-state index in [2.05, 4.69) is 0 Å². The van der Waals surface area contributed by atoms with Gasteiger partial charge in [0.1, 0.15) is 0 Å². The number of hydrogen-bond acceptors (Lipinski definition) is 3. The summed E-state index contributed by atoms with van der Waals surface area (Å²) in [7, 11) is 0. The molecule has 1 atom stereocenters. The number of thioether (sulfide) groups is 1. The molecule has 1 aliphatic rings. The molecule has 0 aliphatic carbocycles. The van der Waals surface area contributed by atoms with Crippen molar-refractivity contribution in [3.05, 3.63) is 0 Å². The Kier molecular flexibility index (Phi) is 1.34. The maximum atomic E-state index is 5.37. The first kappa shape index (κ1) is 4.43. The molecule has 3 heteroatoms. The van der Waals surface area contributed by atoms with Crippen molar-refractivity contribution in [3.63, 3.8) is 0 Å². The number of rotatable bonds is 0. The second-order valence-corrected chi connectivity index (χ2v) is 2.37. The van der Waals surface area contributed by atoms with Crippen LogP contribution in [0.1, 0.15) is 0 Å². The Hall–Kier alpha value is 0.270. The molecule has 1 saturated heterocycles. The van der Waals surface area contributed by atoms with Crippen LogP contribution < -0.4 is 5.73 Å². The smallest absolute Gasteiger partial charge is 0.0938 e. The lowest BCUT2D eigenvalue weighted by Gasteiger charge is -1.89. The SMILES string of the molecule is NC1COCS1. The van der Waals surface area contributed by atoms with Crippen molar-refractivity contribution in [1.82, 2.24) is 0 Å². The molecule has 0 spiro atoms. The predicted octanol–water partition coefficient (Wildman–Crippen LogP) is -0.00790. The molecule has 1 unspecified atom stereocenters. The number of hydrogen-bond donors (Lipinski definition) is 1. The van der Waals surface area contributed by atoms with Gasteiger partial charge in [0.25, 0.3) is 0 Å². The summed E-state index contributed by atoms with van der Waals surface area (Å²) in [5.41, 5.74) is 5.37. The molecule has 36 valence electrons. The molecule has 1 heterocycles. The van der Waals surface area contributed by atoms with Crippen molar-refractivity contribution in [2.24, 2.45) is 5.73 Å². The highest BCUT2D eigenvalue weighted by molar-refractivity contribution is 7.99. The maximum Gasteiger partial charge on any atom is 0.0938 e. The van der Waals surface area contributed by atoms with Crippen molar-refractivity contribution < 1.29 is 4.74 Å². The first-order valence-electron chi connectivity index (χ1n) is 1.84. The summed E-state index contributed by atoms with van der Waals surface area (Å²) in [6.45, 7) is 0.727. The summed E-state index contributed by atoms with van der Waals surface area (Å²) >= 11 is 1.65. The van der Waals surface area contributed by atoms with Gasteiger partial charge in [-0.25, -0.2) is 0 Å². The highest BCUT2D eigenvalue weighted by atomic mass is 32.2. The molecule has 1 fully saturated rings. The summed E-state index contributed by atoms with van der Waals surface area (Å²) < 4.78 is 4.89. The Balaban J connectivity index is 2.18. The second-order valence-electron chi connectivity index (χ2n) is 1.19. The van der Waals surface area contributed by atoms with E-state index in [4.69, 9.17) is 10.5 Å². The van der Waals surface area contributed by atoms with E-state index in [0.29, 0.717) is 0 Å².